The summed E-state index contributed by atoms with van der Waals surface area (Å²) in [7, 11) is 0. The Kier molecular flexibility index (Phi) is 4.09. The number of nitrogens with zero attached hydrogens (tertiary/aromatic N) is 1. The Morgan fingerprint density at radius 3 is 2.47 bits per heavy atom. The second-order valence-corrected chi connectivity index (χ2v) is 6.25. The minimum absolute atomic E-state index is 0.0218. The van der Waals surface area contributed by atoms with Crippen molar-refractivity contribution in [1.82, 2.24) is 4.90 Å². The minimum atomic E-state index is -0.638. The van der Waals surface area contributed by atoms with Gasteiger partial charge in [-0.25, -0.2) is 0 Å². The van der Waals surface area contributed by atoms with Crippen LogP contribution in [-0.4, -0.2) is 22.4 Å². The molecule has 1 aromatic carbocycles. The van der Waals surface area contributed by atoms with Gasteiger partial charge in [-0.05, 0) is 44.4 Å². The largest absolute Gasteiger partial charge is 0.334 e. The molecule has 0 aliphatic heterocycles. The van der Waals surface area contributed by atoms with Gasteiger partial charge >= 0.3 is 0 Å². The van der Waals surface area contributed by atoms with Crippen LogP contribution in [0.5, 0.6) is 0 Å². The van der Waals surface area contributed by atoms with Crippen LogP contribution in [0.1, 0.15) is 32.3 Å². The van der Waals surface area contributed by atoms with Crippen molar-refractivity contribution in [2.24, 2.45) is 5.73 Å². The standard InChI is InChI=1S/C14H18Cl2N2O/c1-9(2)18(13(19)14(17)5-6-14)8-10-3-4-11(15)12(16)7-10/h3-4,7,9H,5-6,8,17H2,1-2H3. The number of nitrogens with two attached hydrogens (primary N) is 1. The van der Waals surface area contributed by atoms with Gasteiger partial charge in [-0.15, -0.1) is 0 Å². The first kappa shape index (κ1) is 14.6. The molecule has 1 saturated carbocycles. The highest BCUT2D eigenvalue weighted by molar-refractivity contribution is 6.42. The Bertz CT molecular complexity index is 498. The van der Waals surface area contributed by atoms with Gasteiger partial charge in [0, 0.05) is 12.6 Å². The molecule has 1 amide bonds. The molecule has 1 aliphatic rings. The summed E-state index contributed by atoms with van der Waals surface area (Å²) in [6.45, 7) is 4.48. The van der Waals surface area contributed by atoms with Crippen molar-refractivity contribution in [3.8, 4) is 0 Å². The number of hydrogen-bond acceptors (Lipinski definition) is 2. The molecule has 2 N–H and O–H groups in total. The van der Waals surface area contributed by atoms with Crippen molar-refractivity contribution in [2.75, 3.05) is 0 Å². The second kappa shape index (κ2) is 5.31. The Hall–Kier alpha value is -0.770. The number of hydrogen-bond donors (Lipinski definition) is 1. The first-order valence-electron chi connectivity index (χ1n) is 6.37. The fourth-order valence-electron chi connectivity index (χ4n) is 1.96. The number of benzene rings is 1. The molecule has 104 valence electrons. The summed E-state index contributed by atoms with van der Waals surface area (Å²) in [6.07, 6.45) is 1.55. The first-order chi connectivity index (χ1) is 8.83. The molecular formula is C14H18Cl2N2O. The predicted octanol–water partition coefficient (Wildman–Crippen LogP) is 3.22. The smallest absolute Gasteiger partial charge is 0.243 e. The summed E-state index contributed by atoms with van der Waals surface area (Å²) in [5.74, 6) is 0.0218. The summed E-state index contributed by atoms with van der Waals surface area (Å²) in [4.78, 5) is 14.2. The van der Waals surface area contributed by atoms with E-state index < -0.39 is 5.54 Å². The van der Waals surface area contributed by atoms with Crippen molar-refractivity contribution >= 4 is 29.1 Å². The SMILES string of the molecule is CC(C)N(Cc1ccc(Cl)c(Cl)c1)C(=O)C1(N)CC1. The average molecular weight is 301 g/mol. The lowest BCUT2D eigenvalue weighted by atomic mass is 10.1. The second-order valence-electron chi connectivity index (χ2n) is 5.43. The fraction of sp³-hybridized carbons (Fsp3) is 0.500. The number of carbonyl (C=O) groups is 1. The van der Waals surface area contributed by atoms with E-state index in [4.69, 9.17) is 28.9 Å². The van der Waals surface area contributed by atoms with Crippen molar-refractivity contribution in [3.63, 3.8) is 0 Å². The van der Waals surface area contributed by atoms with Crippen LogP contribution in [0.25, 0.3) is 0 Å². The first-order valence-corrected chi connectivity index (χ1v) is 7.13. The molecule has 2 rings (SSSR count). The molecule has 19 heavy (non-hydrogen) atoms. The van der Waals surface area contributed by atoms with E-state index in [1.165, 1.54) is 0 Å². The molecule has 0 atom stereocenters. The molecular weight excluding hydrogens is 283 g/mol. The Labute approximate surface area is 123 Å². The fourth-order valence-corrected chi connectivity index (χ4v) is 2.28. The lowest BCUT2D eigenvalue weighted by molar-refractivity contribution is -0.136. The maximum Gasteiger partial charge on any atom is 0.243 e. The molecule has 0 saturated heterocycles. The molecule has 0 bridgehead atoms. The van der Waals surface area contributed by atoms with E-state index in [1.807, 2.05) is 19.9 Å². The van der Waals surface area contributed by atoms with Gasteiger partial charge in [0.1, 0.15) is 0 Å². The summed E-state index contributed by atoms with van der Waals surface area (Å²) in [6, 6.07) is 5.52. The molecule has 0 radical (unpaired) electrons. The maximum atomic E-state index is 12.4. The van der Waals surface area contributed by atoms with Crippen molar-refractivity contribution < 1.29 is 4.79 Å². The Balaban J connectivity index is 2.16. The van der Waals surface area contributed by atoms with Gasteiger partial charge < -0.3 is 10.6 Å². The van der Waals surface area contributed by atoms with Crippen molar-refractivity contribution in [3.05, 3.63) is 33.8 Å². The van der Waals surface area contributed by atoms with E-state index in [0.717, 1.165) is 18.4 Å². The monoisotopic (exact) mass is 300 g/mol. The highest BCUT2D eigenvalue weighted by atomic mass is 35.5. The normalized spacial score (nSPS) is 16.5. The summed E-state index contributed by atoms with van der Waals surface area (Å²) in [5, 5.41) is 1.02. The van der Waals surface area contributed by atoms with Crippen LogP contribution in [0.3, 0.4) is 0 Å². The highest BCUT2D eigenvalue weighted by Gasteiger charge is 2.48. The van der Waals surface area contributed by atoms with Crippen LogP contribution >= 0.6 is 23.2 Å². The molecule has 1 aliphatic carbocycles. The number of carbonyl (C=O) groups excluding carboxylic acids is 1. The van der Waals surface area contributed by atoms with Crippen LogP contribution < -0.4 is 5.73 Å². The van der Waals surface area contributed by atoms with E-state index >= 15 is 0 Å². The molecule has 0 heterocycles. The number of rotatable bonds is 4. The van der Waals surface area contributed by atoms with Gasteiger partial charge in [0.15, 0.2) is 0 Å². The van der Waals surface area contributed by atoms with Crippen LogP contribution in [-0.2, 0) is 11.3 Å². The van der Waals surface area contributed by atoms with Crippen LogP contribution in [0.2, 0.25) is 10.0 Å². The zero-order valence-corrected chi connectivity index (χ0v) is 12.6. The van der Waals surface area contributed by atoms with Gasteiger partial charge in [0.25, 0.3) is 0 Å². The van der Waals surface area contributed by atoms with E-state index in [-0.39, 0.29) is 11.9 Å². The third-order valence-corrected chi connectivity index (χ3v) is 4.17. The quantitative estimate of drug-likeness (QED) is 0.928. The van der Waals surface area contributed by atoms with Gasteiger partial charge in [0.05, 0.1) is 15.6 Å². The topological polar surface area (TPSA) is 46.3 Å². The third kappa shape index (κ3) is 3.22. The Morgan fingerprint density at radius 2 is 2.00 bits per heavy atom. The maximum absolute atomic E-state index is 12.4. The van der Waals surface area contributed by atoms with Gasteiger partial charge in [-0.3, -0.25) is 4.79 Å². The highest BCUT2D eigenvalue weighted by Crippen LogP contribution is 2.35. The summed E-state index contributed by atoms with van der Waals surface area (Å²) < 4.78 is 0. The van der Waals surface area contributed by atoms with E-state index in [9.17, 15) is 4.79 Å². The number of amides is 1. The van der Waals surface area contributed by atoms with E-state index in [1.54, 1.807) is 17.0 Å². The predicted molar refractivity (Wildman–Crippen MR) is 78.3 cm³/mol. The van der Waals surface area contributed by atoms with Crippen LogP contribution in [0.15, 0.2) is 18.2 Å². The minimum Gasteiger partial charge on any atom is -0.334 e. The Morgan fingerprint density at radius 1 is 1.37 bits per heavy atom. The van der Waals surface area contributed by atoms with Gasteiger partial charge in [-0.2, -0.15) is 0 Å². The van der Waals surface area contributed by atoms with Gasteiger partial charge in [-0.1, -0.05) is 29.3 Å². The van der Waals surface area contributed by atoms with Crippen molar-refractivity contribution in [1.29, 1.82) is 0 Å². The molecule has 3 nitrogen and oxygen atoms in total. The van der Waals surface area contributed by atoms with E-state index in [0.29, 0.717) is 16.6 Å². The molecule has 1 aromatic rings. The lowest BCUT2D eigenvalue weighted by Crippen LogP contribution is -2.48. The van der Waals surface area contributed by atoms with Crippen LogP contribution in [0, 0.1) is 0 Å². The molecule has 5 heteroatoms. The zero-order valence-electron chi connectivity index (χ0n) is 11.1. The molecule has 1 fully saturated rings. The molecule has 0 aromatic heterocycles. The zero-order chi connectivity index (χ0) is 14.2. The van der Waals surface area contributed by atoms with Crippen molar-refractivity contribution in [2.45, 2.75) is 44.8 Å². The summed E-state index contributed by atoms with van der Waals surface area (Å²) in [5.41, 5.74) is 6.32. The third-order valence-electron chi connectivity index (χ3n) is 3.44. The summed E-state index contributed by atoms with van der Waals surface area (Å²) >= 11 is 11.9. The van der Waals surface area contributed by atoms with E-state index in [2.05, 4.69) is 0 Å². The molecule has 0 spiro atoms. The lowest BCUT2D eigenvalue weighted by Gasteiger charge is -2.29. The average Bonchev–Trinajstić information content (AvgIpc) is 3.09. The van der Waals surface area contributed by atoms with Gasteiger partial charge in [0.2, 0.25) is 5.91 Å². The number of halogens is 2. The molecule has 0 unspecified atom stereocenters. The van der Waals surface area contributed by atoms with Crippen LogP contribution in [0.4, 0.5) is 0 Å².